The van der Waals surface area contributed by atoms with Gasteiger partial charge in [0.25, 0.3) is 10.0 Å². The first-order chi connectivity index (χ1) is 13.3. The highest BCUT2D eigenvalue weighted by atomic mass is 32.2. The zero-order chi connectivity index (χ0) is 20.3. The first-order valence-corrected chi connectivity index (χ1v) is 11.5. The van der Waals surface area contributed by atoms with E-state index in [0.717, 1.165) is 35.0 Å². The molecule has 1 aliphatic rings. The van der Waals surface area contributed by atoms with Crippen LogP contribution in [0.25, 0.3) is 0 Å². The van der Waals surface area contributed by atoms with Crippen molar-refractivity contribution < 1.29 is 13.2 Å². The minimum Gasteiger partial charge on any atom is -0.325 e. The number of sulfonamides is 1. The van der Waals surface area contributed by atoms with Crippen molar-refractivity contribution in [1.82, 2.24) is 0 Å². The predicted octanol–water partition coefficient (Wildman–Crippen LogP) is 3.95. The van der Waals surface area contributed by atoms with Crippen LogP contribution in [0, 0.1) is 13.8 Å². The Morgan fingerprint density at radius 3 is 2.46 bits per heavy atom. The summed E-state index contributed by atoms with van der Waals surface area (Å²) < 4.78 is 29.0. The van der Waals surface area contributed by atoms with Crippen LogP contribution in [-0.2, 0) is 14.8 Å². The standard InChI is InChI=1S/C20H23N3O3S2/c1-4-12-23-16-10-5-6-11-17(16)28(25,26)22-20(23)27-13-18(24)21-19-14(2)8-7-9-15(19)3/h5-11H,4,12-13H2,1-3H3,(H,21,24). The van der Waals surface area contributed by atoms with Crippen molar-refractivity contribution in [3.05, 3.63) is 53.6 Å². The first-order valence-electron chi connectivity index (χ1n) is 9.04. The summed E-state index contributed by atoms with van der Waals surface area (Å²) >= 11 is 1.14. The molecule has 0 aliphatic carbocycles. The Kier molecular flexibility index (Phi) is 6.10. The number of nitrogens with one attached hydrogen (secondary N) is 1. The Morgan fingerprint density at radius 1 is 1.11 bits per heavy atom. The van der Waals surface area contributed by atoms with Gasteiger partial charge in [0.15, 0.2) is 5.17 Å². The van der Waals surface area contributed by atoms with Gasteiger partial charge in [-0.05, 0) is 43.5 Å². The molecule has 0 saturated heterocycles. The van der Waals surface area contributed by atoms with Crippen LogP contribution in [0.2, 0.25) is 0 Å². The van der Waals surface area contributed by atoms with Crippen LogP contribution in [0.5, 0.6) is 0 Å². The second-order valence-corrected chi connectivity index (χ2v) is 9.09. The molecule has 8 heteroatoms. The number of carbonyl (C=O) groups is 1. The summed E-state index contributed by atoms with van der Waals surface area (Å²) in [6.45, 7) is 6.51. The third-order valence-electron chi connectivity index (χ3n) is 4.39. The fourth-order valence-electron chi connectivity index (χ4n) is 3.06. The van der Waals surface area contributed by atoms with Gasteiger partial charge in [-0.3, -0.25) is 4.79 Å². The van der Waals surface area contributed by atoms with E-state index in [1.165, 1.54) is 0 Å². The van der Waals surface area contributed by atoms with Gasteiger partial charge >= 0.3 is 0 Å². The topological polar surface area (TPSA) is 78.8 Å². The molecule has 0 fully saturated rings. The third-order valence-corrected chi connectivity index (χ3v) is 6.79. The molecule has 0 aromatic heterocycles. The van der Waals surface area contributed by atoms with Crippen LogP contribution in [0.1, 0.15) is 24.5 Å². The number of hydrogen-bond acceptors (Lipinski definition) is 5. The normalized spacial score (nSPS) is 15.0. The molecule has 3 rings (SSSR count). The Bertz CT molecular complexity index is 1010. The highest BCUT2D eigenvalue weighted by molar-refractivity contribution is 8.15. The zero-order valence-electron chi connectivity index (χ0n) is 16.1. The van der Waals surface area contributed by atoms with Crippen LogP contribution in [0.3, 0.4) is 0 Å². The van der Waals surface area contributed by atoms with Gasteiger partial charge < -0.3 is 10.2 Å². The average Bonchev–Trinajstić information content (AvgIpc) is 2.66. The van der Waals surface area contributed by atoms with Gasteiger partial charge in [0.2, 0.25) is 5.91 Å². The number of amides is 1. The number of aryl methyl sites for hydroxylation is 2. The average molecular weight is 418 g/mol. The number of anilines is 2. The van der Waals surface area contributed by atoms with Gasteiger partial charge in [-0.2, -0.15) is 8.42 Å². The number of amidine groups is 1. The number of nitrogens with zero attached hydrogens (tertiary/aromatic N) is 2. The van der Waals surface area contributed by atoms with Crippen LogP contribution in [0.4, 0.5) is 11.4 Å². The Hall–Kier alpha value is -2.32. The molecule has 1 aliphatic heterocycles. The maximum absolute atomic E-state index is 12.5. The molecule has 6 nitrogen and oxygen atoms in total. The van der Waals surface area contributed by atoms with E-state index in [1.807, 2.05) is 43.9 Å². The molecule has 148 valence electrons. The predicted molar refractivity (Wildman–Crippen MR) is 116 cm³/mol. The Balaban J connectivity index is 1.79. The van der Waals surface area contributed by atoms with Crippen molar-refractivity contribution >= 4 is 44.2 Å². The molecule has 0 radical (unpaired) electrons. The monoisotopic (exact) mass is 417 g/mol. The van der Waals surface area contributed by atoms with E-state index in [4.69, 9.17) is 0 Å². The second-order valence-electron chi connectivity index (χ2n) is 6.57. The summed E-state index contributed by atoms with van der Waals surface area (Å²) in [4.78, 5) is 14.5. The van der Waals surface area contributed by atoms with E-state index >= 15 is 0 Å². The van der Waals surface area contributed by atoms with E-state index in [9.17, 15) is 13.2 Å². The Morgan fingerprint density at radius 2 is 1.79 bits per heavy atom. The molecular weight excluding hydrogens is 394 g/mol. The lowest BCUT2D eigenvalue weighted by Crippen LogP contribution is -2.35. The largest absolute Gasteiger partial charge is 0.325 e. The van der Waals surface area contributed by atoms with Crippen molar-refractivity contribution in [2.45, 2.75) is 32.1 Å². The van der Waals surface area contributed by atoms with Gasteiger partial charge in [-0.1, -0.05) is 49.0 Å². The maximum Gasteiger partial charge on any atom is 0.286 e. The van der Waals surface area contributed by atoms with E-state index in [0.29, 0.717) is 17.4 Å². The lowest BCUT2D eigenvalue weighted by atomic mass is 10.1. The molecule has 0 saturated carbocycles. The number of hydrogen-bond donors (Lipinski definition) is 1. The molecular formula is C20H23N3O3S2. The lowest BCUT2D eigenvalue weighted by Gasteiger charge is -2.29. The van der Waals surface area contributed by atoms with Crippen molar-refractivity contribution in [3.8, 4) is 0 Å². The summed E-state index contributed by atoms with van der Waals surface area (Å²) in [5.41, 5.74) is 3.37. The van der Waals surface area contributed by atoms with Crippen molar-refractivity contribution in [2.24, 2.45) is 4.40 Å². The molecule has 0 atom stereocenters. The summed E-state index contributed by atoms with van der Waals surface area (Å²) in [6.07, 6.45) is 0.822. The quantitative estimate of drug-likeness (QED) is 0.797. The number of rotatable bonds is 5. The highest BCUT2D eigenvalue weighted by Crippen LogP contribution is 2.34. The van der Waals surface area contributed by atoms with E-state index in [1.54, 1.807) is 24.3 Å². The van der Waals surface area contributed by atoms with Gasteiger partial charge in [0.05, 0.1) is 11.4 Å². The number of para-hydroxylation sites is 2. The zero-order valence-corrected chi connectivity index (χ0v) is 17.7. The van der Waals surface area contributed by atoms with Gasteiger partial charge in [-0.15, -0.1) is 4.40 Å². The fraction of sp³-hybridized carbons (Fsp3) is 0.300. The van der Waals surface area contributed by atoms with Crippen molar-refractivity contribution in [2.75, 3.05) is 22.5 Å². The molecule has 1 amide bonds. The summed E-state index contributed by atoms with van der Waals surface area (Å²) in [7, 11) is -3.77. The Labute approximate surface area is 170 Å². The number of benzene rings is 2. The molecule has 0 bridgehead atoms. The van der Waals surface area contributed by atoms with Crippen LogP contribution in [-0.4, -0.2) is 31.8 Å². The molecule has 28 heavy (non-hydrogen) atoms. The highest BCUT2D eigenvalue weighted by Gasteiger charge is 2.30. The fourth-order valence-corrected chi connectivity index (χ4v) is 5.34. The molecule has 0 spiro atoms. The molecule has 2 aromatic carbocycles. The maximum atomic E-state index is 12.5. The molecule has 0 unspecified atom stereocenters. The minimum atomic E-state index is -3.77. The summed E-state index contributed by atoms with van der Waals surface area (Å²) in [5.74, 6) is -0.123. The number of fused-ring (bicyclic) bond motifs is 1. The summed E-state index contributed by atoms with van der Waals surface area (Å²) in [6, 6.07) is 12.6. The van der Waals surface area contributed by atoms with Gasteiger partial charge in [-0.25, -0.2) is 0 Å². The van der Waals surface area contributed by atoms with E-state index in [2.05, 4.69) is 9.71 Å². The van der Waals surface area contributed by atoms with E-state index < -0.39 is 10.0 Å². The third kappa shape index (κ3) is 4.23. The van der Waals surface area contributed by atoms with Crippen molar-refractivity contribution in [3.63, 3.8) is 0 Å². The molecule has 1 heterocycles. The lowest BCUT2D eigenvalue weighted by molar-refractivity contribution is -0.113. The molecule has 2 aromatic rings. The SMILES string of the molecule is CCCN1C(SCC(=O)Nc2c(C)cccc2C)=NS(=O)(=O)c2ccccc21. The second kappa shape index (κ2) is 8.36. The van der Waals surface area contributed by atoms with Crippen LogP contribution >= 0.6 is 11.8 Å². The summed E-state index contributed by atoms with van der Waals surface area (Å²) in [5, 5.41) is 3.25. The van der Waals surface area contributed by atoms with E-state index in [-0.39, 0.29) is 16.6 Å². The molecule has 1 N–H and O–H groups in total. The van der Waals surface area contributed by atoms with Crippen molar-refractivity contribution in [1.29, 1.82) is 0 Å². The number of carbonyl (C=O) groups excluding carboxylic acids is 1. The van der Waals surface area contributed by atoms with Gasteiger partial charge in [0, 0.05) is 12.2 Å². The smallest absolute Gasteiger partial charge is 0.286 e. The van der Waals surface area contributed by atoms with Crippen LogP contribution < -0.4 is 10.2 Å². The minimum absolute atomic E-state index is 0.0739. The number of thioether (sulfide) groups is 1. The first kappa shape index (κ1) is 20.4. The van der Waals surface area contributed by atoms with Crippen LogP contribution in [0.15, 0.2) is 51.8 Å². The van der Waals surface area contributed by atoms with Gasteiger partial charge in [0.1, 0.15) is 4.90 Å².